The van der Waals surface area contributed by atoms with E-state index >= 15 is 0 Å². The first-order valence-electron chi connectivity index (χ1n) is 5.16. The van der Waals surface area contributed by atoms with Crippen molar-refractivity contribution in [3.63, 3.8) is 0 Å². The molecular weight excluding hydrogens is 312 g/mol. The summed E-state index contributed by atoms with van der Waals surface area (Å²) in [5.41, 5.74) is -0.0216. The molecule has 1 rings (SSSR count). The Morgan fingerprint density at radius 2 is 2.22 bits per heavy atom. The van der Waals surface area contributed by atoms with Crippen LogP contribution in [0, 0.1) is 0 Å². The van der Waals surface area contributed by atoms with E-state index in [4.69, 9.17) is 9.47 Å². The van der Waals surface area contributed by atoms with Gasteiger partial charge < -0.3 is 9.47 Å². The Labute approximate surface area is 111 Å². The molecular formula is C11H12BrF2NO3. The van der Waals surface area contributed by atoms with Crippen molar-refractivity contribution in [3.05, 3.63) is 21.9 Å². The third-order valence-electron chi connectivity index (χ3n) is 2.12. The topological polar surface area (TPSA) is 48.4 Å². The lowest BCUT2D eigenvalue weighted by atomic mass is 10.1. The Balaban J connectivity index is 3.07. The highest BCUT2D eigenvalue weighted by atomic mass is 79.9. The second kappa shape index (κ2) is 6.63. The number of carbonyl (C=O) groups is 1. The van der Waals surface area contributed by atoms with Crippen molar-refractivity contribution < 1.29 is 23.0 Å². The van der Waals surface area contributed by atoms with Crippen molar-refractivity contribution in [2.24, 2.45) is 0 Å². The van der Waals surface area contributed by atoms with Gasteiger partial charge in [0.05, 0.1) is 20.1 Å². The van der Waals surface area contributed by atoms with E-state index in [9.17, 15) is 13.6 Å². The Morgan fingerprint density at radius 3 is 2.72 bits per heavy atom. The maximum Gasteiger partial charge on any atom is 0.310 e. The van der Waals surface area contributed by atoms with Gasteiger partial charge >= 0.3 is 5.97 Å². The fourth-order valence-corrected chi connectivity index (χ4v) is 1.89. The normalized spacial score (nSPS) is 10.6. The molecule has 0 fully saturated rings. The zero-order valence-electron chi connectivity index (χ0n) is 9.87. The summed E-state index contributed by atoms with van der Waals surface area (Å²) in [6.45, 7) is 1.93. The molecule has 0 atom stereocenters. The van der Waals surface area contributed by atoms with Gasteiger partial charge in [0.25, 0.3) is 6.43 Å². The number of alkyl halides is 2. The van der Waals surface area contributed by atoms with Crippen molar-refractivity contribution in [1.82, 2.24) is 4.98 Å². The predicted molar refractivity (Wildman–Crippen MR) is 63.8 cm³/mol. The van der Waals surface area contributed by atoms with E-state index < -0.39 is 18.1 Å². The van der Waals surface area contributed by atoms with Gasteiger partial charge in [-0.2, -0.15) is 0 Å². The minimum absolute atomic E-state index is 0.0892. The van der Waals surface area contributed by atoms with Crippen LogP contribution >= 0.6 is 15.9 Å². The predicted octanol–water partition coefficient (Wildman–Crippen LogP) is 2.90. The second-order valence-electron chi connectivity index (χ2n) is 3.30. The third-order valence-corrected chi connectivity index (χ3v) is 2.78. The molecule has 0 saturated carbocycles. The highest BCUT2D eigenvalue weighted by molar-refractivity contribution is 9.10. The number of nitrogens with zero attached hydrogens (tertiary/aromatic N) is 1. The first-order valence-corrected chi connectivity index (χ1v) is 5.96. The van der Waals surface area contributed by atoms with Crippen LogP contribution < -0.4 is 4.74 Å². The van der Waals surface area contributed by atoms with E-state index in [-0.39, 0.29) is 23.4 Å². The van der Waals surface area contributed by atoms with E-state index in [0.717, 1.165) is 6.07 Å². The Kier molecular flexibility index (Phi) is 5.46. The highest BCUT2D eigenvalue weighted by Crippen LogP contribution is 2.30. The zero-order valence-corrected chi connectivity index (χ0v) is 11.5. The number of hydrogen-bond donors (Lipinski definition) is 0. The molecule has 0 aromatic carbocycles. The van der Waals surface area contributed by atoms with E-state index in [1.807, 2.05) is 0 Å². The summed E-state index contributed by atoms with van der Waals surface area (Å²) in [5, 5.41) is 0. The number of pyridine rings is 1. The van der Waals surface area contributed by atoms with Gasteiger partial charge in [-0.3, -0.25) is 4.79 Å². The number of esters is 1. The van der Waals surface area contributed by atoms with Crippen LogP contribution in [0.25, 0.3) is 0 Å². The average Bonchev–Trinajstić information content (AvgIpc) is 2.31. The molecule has 0 amide bonds. The number of rotatable bonds is 5. The van der Waals surface area contributed by atoms with Crippen molar-refractivity contribution >= 4 is 21.9 Å². The minimum atomic E-state index is -2.70. The number of ether oxygens (including phenoxy) is 2. The lowest BCUT2D eigenvalue weighted by molar-refractivity contribution is -0.142. The van der Waals surface area contributed by atoms with E-state index in [2.05, 4.69) is 20.9 Å². The van der Waals surface area contributed by atoms with Gasteiger partial charge in [0, 0.05) is 11.6 Å². The molecule has 0 saturated heterocycles. The van der Waals surface area contributed by atoms with Crippen LogP contribution in [-0.2, 0) is 16.0 Å². The van der Waals surface area contributed by atoms with Crippen LogP contribution in [0.5, 0.6) is 5.75 Å². The van der Waals surface area contributed by atoms with Crippen LogP contribution in [0.2, 0.25) is 0 Å². The molecule has 1 heterocycles. The first kappa shape index (κ1) is 14.8. The molecule has 0 radical (unpaired) electrons. The Morgan fingerprint density at radius 1 is 1.56 bits per heavy atom. The Bertz CT molecular complexity index is 441. The number of halogens is 3. The zero-order chi connectivity index (χ0) is 13.7. The summed E-state index contributed by atoms with van der Waals surface area (Å²) in [6.07, 6.45) is -2.79. The van der Waals surface area contributed by atoms with Crippen LogP contribution in [0.3, 0.4) is 0 Å². The van der Waals surface area contributed by atoms with E-state index in [1.54, 1.807) is 6.92 Å². The molecule has 100 valence electrons. The quantitative estimate of drug-likeness (QED) is 0.617. The van der Waals surface area contributed by atoms with Gasteiger partial charge in [-0.25, -0.2) is 13.8 Å². The number of methoxy groups -OCH3 is 1. The van der Waals surface area contributed by atoms with Crippen molar-refractivity contribution in [2.75, 3.05) is 13.7 Å². The molecule has 0 bridgehead atoms. The highest BCUT2D eigenvalue weighted by Gasteiger charge is 2.19. The lowest BCUT2D eigenvalue weighted by Gasteiger charge is -2.11. The average molecular weight is 324 g/mol. The number of hydrogen-bond acceptors (Lipinski definition) is 4. The molecule has 1 aromatic rings. The molecule has 0 aliphatic rings. The third kappa shape index (κ3) is 3.63. The summed E-state index contributed by atoms with van der Waals surface area (Å²) < 4.78 is 35.0. The lowest BCUT2D eigenvalue weighted by Crippen LogP contribution is -2.10. The van der Waals surface area contributed by atoms with Crippen LogP contribution in [0.1, 0.15) is 24.6 Å². The van der Waals surface area contributed by atoms with Gasteiger partial charge in [-0.15, -0.1) is 0 Å². The van der Waals surface area contributed by atoms with E-state index in [1.165, 1.54) is 7.11 Å². The van der Waals surface area contributed by atoms with Gasteiger partial charge in [0.15, 0.2) is 0 Å². The fourth-order valence-electron chi connectivity index (χ4n) is 1.35. The number of aromatic nitrogens is 1. The molecule has 0 spiro atoms. The molecule has 0 aliphatic heterocycles. The monoisotopic (exact) mass is 323 g/mol. The fraction of sp³-hybridized carbons (Fsp3) is 0.455. The summed E-state index contributed by atoms with van der Waals surface area (Å²) in [5.74, 6) is -0.289. The molecule has 18 heavy (non-hydrogen) atoms. The molecule has 1 aromatic heterocycles. The smallest absolute Gasteiger partial charge is 0.310 e. The molecule has 7 heteroatoms. The standard InChI is InChI=1S/C11H12BrF2NO3/c1-3-18-9(16)4-6-8(17-2)5-7(11(13)14)15-10(6)12/h5,11H,3-4H2,1-2H3. The minimum Gasteiger partial charge on any atom is -0.496 e. The first-order chi connectivity index (χ1) is 8.49. The molecule has 0 aliphatic carbocycles. The van der Waals surface area contributed by atoms with Crippen molar-refractivity contribution in [3.8, 4) is 5.75 Å². The van der Waals surface area contributed by atoms with Crippen LogP contribution in [-0.4, -0.2) is 24.7 Å². The summed E-state index contributed by atoms with van der Waals surface area (Å²) in [6, 6.07) is 1.12. The van der Waals surface area contributed by atoms with Gasteiger partial charge in [0.2, 0.25) is 0 Å². The van der Waals surface area contributed by atoms with Crippen LogP contribution in [0.4, 0.5) is 8.78 Å². The molecule has 0 unspecified atom stereocenters. The maximum absolute atomic E-state index is 12.5. The van der Waals surface area contributed by atoms with Crippen molar-refractivity contribution in [1.29, 1.82) is 0 Å². The van der Waals surface area contributed by atoms with Gasteiger partial charge in [-0.1, -0.05) is 0 Å². The molecule has 4 nitrogen and oxygen atoms in total. The van der Waals surface area contributed by atoms with Crippen molar-refractivity contribution in [2.45, 2.75) is 19.8 Å². The largest absolute Gasteiger partial charge is 0.496 e. The van der Waals surface area contributed by atoms with E-state index in [0.29, 0.717) is 5.56 Å². The SMILES string of the molecule is CCOC(=O)Cc1c(OC)cc(C(F)F)nc1Br. The summed E-state index contributed by atoms with van der Waals surface area (Å²) in [4.78, 5) is 15.1. The molecule has 0 N–H and O–H groups in total. The van der Waals surface area contributed by atoms with Gasteiger partial charge in [-0.05, 0) is 22.9 Å². The number of carbonyl (C=O) groups excluding carboxylic acids is 1. The summed E-state index contributed by atoms with van der Waals surface area (Å²) >= 11 is 3.05. The Hall–Kier alpha value is -1.24. The second-order valence-corrected chi connectivity index (χ2v) is 4.05. The van der Waals surface area contributed by atoms with Crippen LogP contribution in [0.15, 0.2) is 10.7 Å². The summed E-state index contributed by atoms with van der Waals surface area (Å²) in [7, 11) is 1.34. The maximum atomic E-state index is 12.5. The van der Waals surface area contributed by atoms with Gasteiger partial charge in [0.1, 0.15) is 16.0 Å².